The van der Waals surface area contributed by atoms with Crippen LogP contribution in [0.4, 0.5) is 5.82 Å². The van der Waals surface area contributed by atoms with Crippen LogP contribution in [0.1, 0.15) is 10.5 Å². The van der Waals surface area contributed by atoms with Crippen molar-refractivity contribution in [2.45, 2.75) is 12.1 Å². The topological polar surface area (TPSA) is 75.7 Å². The second-order valence-electron chi connectivity index (χ2n) is 7.83. The maximum atomic E-state index is 13.0. The predicted molar refractivity (Wildman–Crippen MR) is 112 cm³/mol. The number of nitrogens with zero attached hydrogens (tertiary/aromatic N) is 4. The first-order valence-corrected chi connectivity index (χ1v) is 10.1. The van der Waals surface area contributed by atoms with Gasteiger partial charge in [-0.2, -0.15) is 0 Å². The highest BCUT2D eigenvalue weighted by molar-refractivity contribution is 5.98. The van der Waals surface area contributed by atoms with E-state index in [1.54, 1.807) is 4.90 Å². The van der Waals surface area contributed by atoms with Gasteiger partial charge in [0.15, 0.2) is 0 Å². The molecule has 2 aliphatic rings. The zero-order chi connectivity index (χ0) is 19.8. The number of likely N-dealkylation sites (tertiary alicyclic amines) is 1. The predicted octanol–water partition coefficient (Wildman–Crippen LogP) is 1.57. The molecule has 7 heteroatoms. The summed E-state index contributed by atoms with van der Waals surface area (Å²) in [5.41, 5.74) is 1.54. The summed E-state index contributed by atoms with van der Waals surface area (Å²) in [5.74, 6) is 0.949. The Morgan fingerprint density at radius 3 is 2.59 bits per heavy atom. The summed E-state index contributed by atoms with van der Waals surface area (Å²) in [4.78, 5) is 27.0. The zero-order valence-corrected chi connectivity index (χ0v) is 16.2. The van der Waals surface area contributed by atoms with E-state index in [2.05, 4.69) is 19.8 Å². The molecule has 1 amide bonds. The highest BCUT2D eigenvalue weighted by Gasteiger charge is 2.39. The molecule has 0 spiro atoms. The van der Waals surface area contributed by atoms with E-state index in [0.717, 1.165) is 42.9 Å². The minimum Gasteiger partial charge on any atom is -0.390 e. The number of nitrogens with one attached hydrogen (secondary N) is 1. The van der Waals surface area contributed by atoms with Gasteiger partial charge in [0.2, 0.25) is 0 Å². The van der Waals surface area contributed by atoms with Crippen LogP contribution in [0.2, 0.25) is 0 Å². The van der Waals surface area contributed by atoms with Crippen LogP contribution >= 0.6 is 0 Å². The Kier molecular flexibility index (Phi) is 4.69. The number of hydrogen-bond donors (Lipinski definition) is 2. The highest BCUT2D eigenvalue weighted by atomic mass is 16.3. The maximum absolute atomic E-state index is 13.0. The van der Waals surface area contributed by atoms with Crippen LogP contribution in [-0.4, -0.2) is 82.2 Å². The van der Waals surface area contributed by atoms with Crippen molar-refractivity contribution < 1.29 is 9.90 Å². The first-order chi connectivity index (χ1) is 14.2. The van der Waals surface area contributed by atoms with E-state index in [4.69, 9.17) is 0 Å². The molecule has 2 aliphatic heterocycles. The number of pyridine rings is 1. The molecular weight excluding hydrogens is 366 g/mol. The average Bonchev–Trinajstić information content (AvgIpc) is 3.38. The molecule has 0 bridgehead atoms. The number of fused-ring (bicyclic) bond motifs is 1. The number of rotatable bonds is 3. The van der Waals surface area contributed by atoms with Gasteiger partial charge >= 0.3 is 0 Å². The van der Waals surface area contributed by atoms with E-state index in [0.29, 0.717) is 18.8 Å². The molecule has 2 fully saturated rings. The molecule has 1 aromatic carbocycles. The van der Waals surface area contributed by atoms with Gasteiger partial charge in [0.1, 0.15) is 11.5 Å². The SMILES string of the molecule is O=C(c1cc2ccccc2[nH]1)N1C[C@H](O)[C@@H](N2CCN(c3ccccn3)CC2)C1. The fourth-order valence-corrected chi connectivity index (χ4v) is 4.48. The Morgan fingerprint density at radius 1 is 1.03 bits per heavy atom. The summed E-state index contributed by atoms with van der Waals surface area (Å²) in [6.07, 6.45) is 1.29. The molecule has 29 heavy (non-hydrogen) atoms. The van der Waals surface area contributed by atoms with Gasteiger partial charge < -0.3 is 19.9 Å². The number of para-hydroxylation sites is 1. The van der Waals surface area contributed by atoms with Crippen molar-refractivity contribution in [1.29, 1.82) is 0 Å². The van der Waals surface area contributed by atoms with Gasteiger partial charge in [0.25, 0.3) is 5.91 Å². The quantitative estimate of drug-likeness (QED) is 0.709. The fourth-order valence-electron chi connectivity index (χ4n) is 4.48. The number of aromatic amines is 1. The molecule has 2 atom stereocenters. The number of β-amino-alcohol motifs (C(OH)–C–C–N with tert-alkyl or cyclic N) is 1. The molecular formula is C22H25N5O2. The van der Waals surface area contributed by atoms with E-state index in [9.17, 15) is 9.90 Å². The van der Waals surface area contributed by atoms with Crippen LogP contribution in [0.25, 0.3) is 10.9 Å². The summed E-state index contributed by atoms with van der Waals surface area (Å²) in [7, 11) is 0. The Bertz CT molecular complexity index is 964. The van der Waals surface area contributed by atoms with Gasteiger partial charge in [-0.3, -0.25) is 9.69 Å². The van der Waals surface area contributed by atoms with E-state index in [-0.39, 0.29) is 11.9 Å². The number of H-pyrrole nitrogens is 1. The standard InChI is InChI=1S/C22H25N5O2/c28-20-15-27(22(29)18-13-16-5-1-2-6-17(16)24-18)14-19(20)25-9-11-26(12-10-25)21-7-3-4-8-23-21/h1-8,13,19-20,24,28H,9-12,14-15H2/t19-,20-/m0/s1. The number of benzene rings is 1. The third kappa shape index (κ3) is 3.47. The zero-order valence-electron chi connectivity index (χ0n) is 16.2. The third-order valence-electron chi connectivity index (χ3n) is 6.06. The minimum atomic E-state index is -0.523. The van der Waals surface area contributed by atoms with Crippen LogP contribution < -0.4 is 4.90 Å². The molecule has 0 saturated carbocycles. The Hall–Kier alpha value is -2.90. The Balaban J connectivity index is 1.23. The Labute approximate surface area is 169 Å². The number of anilines is 1. The molecule has 4 heterocycles. The third-order valence-corrected chi connectivity index (χ3v) is 6.06. The lowest BCUT2D eigenvalue weighted by Gasteiger charge is -2.39. The van der Waals surface area contributed by atoms with E-state index >= 15 is 0 Å². The molecule has 0 unspecified atom stereocenters. The summed E-state index contributed by atoms with van der Waals surface area (Å²) in [5, 5.41) is 11.7. The maximum Gasteiger partial charge on any atom is 0.270 e. The first-order valence-electron chi connectivity index (χ1n) is 10.1. The monoisotopic (exact) mass is 391 g/mol. The first kappa shape index (κ1) is 18.1. The molecule has 5 rings (SSSR count). The number of aromatic nitrogens is 2. The molecule has 3 aromatic rings. The lowest BCUT2D eigenvalue weighted by atomic mass is 10.1. The van der Waals surface area contributed by atoms with Crippen molar-refractivity contribution in [2.24, 2.45) is 0 Å². The lowest BCUT2D eigenvalue weighted by molar-refractivity contribution is 0.0751. The van der Waals surface area contributed by atoms with Crippen molar-refractivity contribution in [3.05, 3.63) is 60.4 Å². The normalized spacial score (nSPS) is 23.1. The van der Waals surface area contributed by atoms with Crippen LogP contribution in [0.15, 0.2) is 54.7 Å². The molecule has 2 aromatic heterocycles. The smallest absolute Gasteiger partial charge is 0.270 e. The summed E-state index contributed by atoms with van der Waals surface area (Å²) >= 11 is 0. The number of aliphatic hydroxyl groups is 1. The van der Waals surface area contributed by atoms with Gasteiger partial charge in [0.05, 0.1) is 12.1 Å². The number of aliphatic hydroxyl groups excluding tert-OH is 1. The van der Waals surface area contributed by atoms with Crippen molar-refractivity contribution in [3.8, 4) is 0 Å². The van der Waals surface area contributed by atoms with E-state index in [1.807, 2.05) is 54.7 Å². The van der Waals surface area contributed by atoms with E-state index in [1.165, 1.54) is 0 Å². The van der Waals surface area contributed by atoms with Gasteiger partial charge in [-0.25, -0.2) is 4.98 Å². The summed E-state index contributed by atoms with van der Waals surface area (Å²) in [6, 6.07) is 15.7. The minimum absolute atomic E-state index is 0.0192. The molecule has 2 saturated heterocycles. The number of carbonyl (C=O) groups is 1. The molecule has 2 N–H and O–H groups in total. The van der Waals surface area contributed by atoms with Gasteiger partial charge in [-0.1, -0.05) is 24.3 Å². The number of amides is 1. The summed E-state index contributed by atoms with van der Waals surface area (Å²) < 4.78 is 0. The van der Waals surface area contributed by atoms with Crippen LogP contribution in [0.5, 0.6) is 0 Å². The van der Waals surface area contributed by atoms with Crippen molar-refractivity contribution >= 4 is 22.6 Å². The van der Waals surface area contributed by atoms with Gasteiger partial charge in [0, 0.05) is 56.4 Å². The van der Waals surface area contributed by atoms with E-state index < -0.39 is 6.10 Å². The molecule has 7 nitrogen and oxygen atoms in total. The highest BCUT2D eigenvalue weighted by Crippen LogP contribution is 2.23. The Morgan fingerprint density at radius 2 is 1.83 bits per heavy atom. The molecule has 0 aliphatic carbocycles. The lowest BCUT2D eigenvalue weighted by Crippen LogP contribution is -2.54. The van der Waals surface area contributed by atoms with Crippen LogP contribution in [0.3, 0.4) is 0 Å². The second kappa shape index (κ2) is 7.50. The van der Waals surface area contributed by atoms with Crippen molar-refractivity contribution in [1.82, 2.24) is 19.8 Å². The second-order valence-corrected chi connectivity index (χ2v) is 7.83. The fraction of sp³-hybridized carbons (Fsp3) is 0.364. The summed E-state index contributed by atoms with van der Waals surface area (Å²) in [6.45, 7) is 4.38. The number of hydrogen-bond acceptors (Lipinski definition) is 5. The number of carbonyl (C=O) groups excluding carboxylic acids is 1. The van der Waals surface area contributed by atoms with Crippen molar-refractivity contribution in [3.63, 3.8) is 0 Å². The van der Waals surface area contributed by atoms with Crippen molar-refractivity contribution in [2.75, 3.05) is 44.2 Å². The van der Waals surface area contributed by atoms with Gasteiger partial charge in [-0.05, 0) is 24.3 Å². The molecule has 150 valence electrons. The molecule has 0 radical (unpaired) electrons. The largest absolute Gasteiger partial charge is 0.390 e. The van der Waals surface area contributed by atoms with Crippen LogP contribution in [0, 0.1) is 0 Å². The number of piperazine rings is 1. The van der Waals surface area contributed by atoms with Crippen LogP contribution in [-0.2, 0) is 0 Å². The van der Waals surface area contributed by atoms with Gasteiger partial charge in [-0.15, -0.1) is 0 Å². The average molecular weight is 391 g/mol.